The van der Waals surface area contributed by atoms with Crippen molar-refractivity contribution >= 4 is 47.9 Å². The van der Waals surface area contributed by atoms with Crippen molar-refractivity contribution in [2.75, 3.05) is 27.3 Å². The predicted molar refractivity (Wildman–Crippen MR) is 214 cm³/mol. The van der Waals surface area contributed by atoms with Crippen molar-refractivity contribution in [3.63, 3.8) is 0 Å². The lowest BCUT2D eigenvalue weighted by atomic mass is 10.1. The Kier molecular flexibility index (Phi) is 16.6. The molecule has 278 valence electrons. The molecule has 0 saturated heterocycles. The number of hydrogen-bond donors (Lipinski definition) is 4. The molecule has 10 heteroatoms. The average Bonchev–Trinajstić information content (AvgIpc) is 3.21. The van der Waals surface area contributed by atoms with Crippen molar-refractivity contribution in [3.8, 4) is 11.5 Å². The van der Waals surface area contributed by atoms with Crippen LogP contribution in [0.5, 0.6) is 11.5 Å². The number of nitrogens with one attached hydrogen (secondary N) is 4. The van der Waals surface area contributed by atoms with E-state index in [1.54, 1.807) is 87.1 Å². The molecular weight excluding hydrogens is 681 g/mol. The van der Waals surface area contributed by atoms with E-state index in [4.69, 9.17) is 9.47 Å². The summed E-state index contributed by atoms with van der Waals surface area (Å²) in [5.41, 5.74) is 3.41. The standard InChI is InChI=1S/C44H46N4O6/c1-53-37-23-17-35(18-24-37)31-39(47-41(49)27-21-33-13-7-5-8-14-33)43(51)45-29-11-3-4-12-30-46-44(52)40(32-36-19-25-38(54-2)26-20-36)48-42(50)28-22-34-15-9-6-10-16-34/h5-10,13-28,31-32H,3-4,11-12,29-30H2,1-2H3,(H,45,51)(H,46,52)(H,47,49)(H,48,50)/b27-21+,28-22+,39-31-,40-32-. The molecule has 0 saturated carbocycles. The number of rotatable bonds is 19. The molecule has 4 aromatic carbocycles. The second kappa shape index (κ2) is 22.3. The van der Waals surface area contributed by atoms with E-state index in [0.29, 0.717) is 37.4 Å². The zero-order valence-electron chi connectivity index (χ0n) is 30.5. The fourth-order valence-corrected chi connectivity index (χ4v) is 5.07. The van der Waals surface area contributed by atoms with Crippen molar-refractivity contribution in [1.82, 2.24) is 21.3 Å². The van der Waals surface area contributed by atoms with Crippen molar-refractivity contribution < 1.29 is 28.7 Å². The maximum atomic E-state index is 13.2. The van der Waals surface area contributed by atoms with Crippen LogP contribution < -0.4 is 30.7 Å². The Bertz CT molecular complexity index is 1790. The van der Waals surface area contributed by atoms with Gasteiger partial charge in [-0.05, 0) is 83.7 Å². The van der Waals surface area contributed by atoms with Gasteiger partial charge < -0.3 is 30.7 Å². The molecule has 0 aliphatic rings. The number of benzene rings is 4. The van der Waals surface area contributed by atoms with Gasteiger partial charge in [0, 0.05) is 25.2 Å². The topological polar surface area (TPSA) is 135 Å². The second-order valence-corrected chi connectivity index (χ2v) is 12.1. The van der Waals surface area contributed by atoms with E-state index in [2.05, 4.69) is 21.3 Å². The maximum Gasteiger partial charge on any atom is 0.267 e. The van der Waals surface area contributed by atoms with Gasteiger partial charge in [-0.1, -0.05) is 97.8 Å². The minimum absolute atomic E-state index is 0.117. The molecular formula is C44H46N4O6. The number of ether oxygens (including phenoxy) is 2. The van der Waals surface area contributed by atoms with Crippen LogP contribution in [0, 0.1) is 0 Å². The van der Waals surface area contributed by atoms with E-state index in [1.807, 2.05) is 60.7 Å². The summed E-state index contributed by atoms with van der Waals surface area (Å²) >= 11 is 0. The summed E-state index contributed by atoms with van der Waals surface area (Å²) in [5.74, 6) is -0.316. The number of amides is 4. The minimum Gasteiger partial charge on any atom is -0.497 e. The first-order valence-corrected chi connectivity index (χ1v) is 17.7. The zero-order chi connectivity index (χ0) is 38.4. The van der Waals surface area contributed by atoms with E-state index < -0.39 is 23.6 Å². The Labute approximate surface area is 316 Å². The van der Waals surface area contributed by atoms with Crippen LogP contribution in [-0.2, 0) is 19.2 Å². The van der Waals surface area contributed by atoms with Crippen LogP contribution in [0.2, 0.25) is 0 Å². The maximum absolute atomic E-state index is 13.2. The molecule has 0 heterocycles. The van der Waals surface area contributed by atoms with Crippen molar-refractivity contribution in [1.29, 1.82) is 0 Å². The van der Waals surface area contributed by atoms with Crippen molar-refractivity contribution in [2.45, 2.75) is 25.7 Å². The fourth-order valence-electron chi connectivity index (χ4n) is 5.07. The van der Waals surface area contributed by atoms with Gasteiger partial charge in [0.15, 0.2) is 0 Å². The van der Waals surface area contributed by atoms with Gasteiger partial charge in [0.25, 0.3) is 11.8 Å². The number of methoxy groups -OCH3 is 2. The Morgan fingerprint density at radius 2 is 0.852 bits per heavy atom. The molecule has 0 radical (unpaired) electrons. The SMILES string of the molecule is COc1ccc(/C=C(\NC(=O)/C=C/c2ccccc2)C(=O)NCCCCCCNC(=O)/C(=C/c2ccc(OC)cc2)NC(=O)/C=C/c2ccccc2)cc1. The van der Waals surface area contributed by atoms with Gasteiger partial charge in [-0.15, -0.1) is 0 Å². The molecule has 10 nitrogen and oxygen atoms in total. The second-order valence-electron chi connectivity index (χ2n) is 12.1. The number of carbonyl (C=O) groups excluding carboxylic acids is 4. The van der Waals surface area contributed by atoms with Crippen molar-refractivity contribution in [3.05, 3.63) is 155 Å². The minimum atomic E-state index is -0.430. The summed E-state index contributed by atoms with van der Waals surface area (Å²) in [5, 5.41) is 11.2. The predicted octanol–water partition coefficient (Wildman–Crippen LogP) is 6.54. The van der Waals surface area contributed by atoms with Crippen LogP contribution in [0.4, 0.5) is 0 Å². The lowest BCUT2D eigenvalue weighted by Gasteiger charge is -2.11. The first kappa shape index (κ1) is 40.1. The highest BCUT2D eigenvalue weighted by molar-refractivity contribution is 6.05. The molecule has 0 fully saturated rings. The molecule has 54 heavy (non-hydrogen) atoms. The van der Waals surface area contributed by atoms with Gasteiger partial charge in [-0.3, -0.25) is 19.2 Å². The van der Waals surface area contributed by atoms with Gasteiger partial charge >= 0.3 is 0 Å². The third-order valence-electron chi connectivity index (χ3n) is 7.99. The van der Waals surface area contributed by atoms with Gasteiger partial charge in [0.1, 0.15) is 22.9 Å². The normalized spacial score (nSPS) is 11.6. The summed E-state index contributed by atoms with van der Waals surface area (Å²) < 4.78 is 10.4. The first-order valence-electron chi connectivity index (χ1n) is 17.7. The fraction of sp³-hybridized carbons (Fsp3) is 0.182. The molecule has 4 aromatic rings. The lowest BCUT2D eigenvalue weighted by molar-refractivity contribution is -0.121. The third-order valence-corrected chi connectivity index (χ3v) is 7.99. The molecule has 4 rings (SSSR count). The average molecular weight is 727 g/mol. The van der Waals surface area contributed by atoms with Crippen LogP contribution >= 0.6 is 0 Å². The monoisotopic (exact) mass is 726 g/mol. The van der Waals surface area contributed by atoms with Gasteiger partial charge in [0.05, 0.1) is 14.2 Å². The lowest BCUT2D eigenvalue weighted by Crippen LogP contribution is -2.35. The number of carbonyl (C=O) groups is 4. The van der Waals surface area contributed by atoms with E-state index in [1.165, 1.54) is 12.2 Å². The summed E-state index contributed by atoms with van der Waals surface area (Å²) in [4.78, 5) is 51.8. The third kappa shape index (κ3) is 14.5. The van der Waals surface area contributed by atoms with Gasteiger partial charge in [0.2, 0.25) is 11.8 Å². The largest absolute Gasteiger partial charge is 0.497 e. The molecule has 0 bridgehead atoms. The molecule has 0 aliphatic heterocycles. The summed E-state index contributed by atoms with van der Waals surface area (Å²) in [6, 6.07) is 33.1. The van der Waals surface area contributed by atoms with Crippen LogP contribution in [0.1, 0.15) is 47.9 Å². The molecule has 0 atom stereocenters. The molecule has 0 aromatic heterocycles. The first-order chi connectivity index (χ1) is 26.3. The summed E-state index contributed by atoms with van der Waals surface area (Å²) in [6.07, 6.45) is 12.4. The highest BCUT2D eigenvalue weighted by atomic mass is 16.5. The Hall–Kier alpha value is -6.68. The van der Waals surface area contributed by atoms with Gasteiger partial charge in [-0.2, -0.15) is 0 Å². The highest BCUT2D eigenvalue weighted by Crippen LogP contribution is 2.15. The van der Waals surface area contributed by atoms with Crippen molar-refractivity contribution in [2.24, 2.45) is 0 Å². The quantitative estimate of drug-likeness (QED) is 0.0641. The zero-order valence-corrected chi connectivity index (χ0v) is 30.5. The van der Waals surface area contributed by atoms with Crippen LogP contribution in [0.25, 0.3) is 24.3 Å². The molecule has 4 N–H and O–H groups in total. The van der Waals surface area contributed by atoms with Crippen LogP contribution in [-0.4, -0.2) is 50.9 Å². The van der Waals surface area contributed by atoms with Gasteiger partial charge in [-0.25, -0.2) is 0 Å². The number of hydrogen-bond acceptors (Lipinski definition) is 6. The molecule has 0 aliphatic carbocycles. The molecule has 0 unspecified atom stereocenters. The Morgan fingerprint density at radius 3 is 1.20 bits per heavy atom. The van der Waals surface area contributed by atoms with E-state index in [-0.39, 0.29) is 11.4 Å². The van der Waals surface area contributed by atoms with E-state index in [9.17, 15) is 19.2 Å². The Balaban J connectivity index is 1.25. The highest BCUT2D eigenvalue weighted by Gasteiger charge is 2.13. The molecule has 0 spiro atoms. The van der Waals surface area contributed by atoms with E-state index >= 15 is 0 Å². The molecule has 4 amide bonds. The van der Waals surface area contributed by atoms with Crippen LogP contribution in [0.3, 0.4) is 0 Å². The van der Waals surface area contributed by atoms with Crippen LogP contribution in [0.15, 0.2) is 133 Å². The summed E-state index contributed by atoms with van der Waals surface area (Å²) in [6.45, 7) is 0.802. The number of unbranched alkanes of at least 4 members (excludes halogenated alkanes) is 3. The Morgan fingerprint density at radius 1 is 0.481 bits per heavy atom. The van der Waals surface area contributed by atoms with E-state index in [0.717, 1.165) is 35.1 Å². The smallest absolute Gasteiger partial charge is 0.267 e. The summed E-state index contributed by atoms with van der Waals surface area (Å²) in [7, 11) is 3.15.